The van der Waals surface area contributed by atoms with E-state index in [4.69, 9.17) is 0 Å². The van der Waals surface area contributed by atoms with E-state index >= 15 is 0 Å². The topological polar surface area (TPSA) is 12.0 Å². The van der Waals surface area contributed by atoms with Crippen molar-refractivity contribution in [3.63, 3.8) is 0 Å². The van der Waals surface area contributed by atoms with Crippen LogP contribution in [-0.4, -0.2) is 6.04 Å². The van der Waals surface area contributed by atoms with Crippen molar-refractivity contribution >= 4 is 11.3 Å². The summed E-state index contributed by atoms with van der Waals surface area (Å²) in [5, 5.41) is 5.62. The molecule has 1 aromatic carbocycles. The summed E-state index contributed by atoms with van der Waals surface area (Å²) in [5.74, 6) is 0. The normalized spacial score (nSPS) is 11.2. The van der Waals surface area contributed by atoms with Gasteiger partial charge in [0.2, 0.25) is 0 Å². The number of nitrogens with one attached hydrogen (secondary N) is 1. The number of hydrogen-bond acceptors (Lipinski definition) is 2. The fourth-order valence-electron chi connectivity index (χ4n) is 2.12. The Bertz CT molecular complexity index is 526. The first-order valence-electron chi connectivity index (χ1n) is 6.45. The molecule has 0 saturated carbocycles. The molecule has 18 heavy (non-hydrogen) atoms. The highest BCUT2D eigenvalue weighted by molar-refractivity contribution is 7.10. The Hall–Kier alpha value is -1.12. The van der Waals surface area contributed by atoms with Crippen molar-refractivity contribution in [1.82, 2.24) is 5.32 Å². The van der Waals surface area contributed by atoms with Crippen LogP contribution < -0.4 is 5.32 Å². The van der Waals surface area contributed by atoms with Gasteiger partial charge in [-0.1, -0.05) is 32.0 Å². The molecule has 1 N–H and O–H groups in total. The molecular weight excluding hydrogens is 238 g/mol. The van der Waals surface area contributed by atoms with Crippen LogP contribution >= 0.6 is 11.3 Å². The summed E-state index contributed by atoms with van der Waals surface area (Å²) >= 11 is 1.81. The van der Waals surface area contributed by atoms with Gasteiger partial charge in [-0.2, -0.15) is 0 Å². The summed E-state index contributed by atoms with van der Waals surface area (Å²) in [6.07, 6.45) is 0. The van der Waals surface area contributed by atoms with E-state index in [1.807, 2.05) is 11.3 Å². The Morgan fingerprint density at radius 3 is 2.44 bits per heavy atom. The van der Waals surface area contributed by atoms with Crippen molar-refractivity contribution < 1.29 is 0 Å². The van der Waals surface area contributed by atoms with Crippen molar-refractivity contribution in [2.75, 3.05) is 0 Å². The largest absolute Gasteiger partial charge is 0.310 e. The Morgan fingerprint density at radius 1 is 1.11 bits per heavy atom. The molecule has 0 atom stereocenters. The van der Waals surface area contributed by atoms with Gasteiger partial charge < -0.3 is 5.32 Å². The van der Waals surface area contributed by atoms with Crippen LogP contribution in [0.15, 0.2) is 29.6 Å². The summed E-state index contributed by atoms with van der Waals surface area (Å²) in [4.78, 5) is 1.39. The van der Waals surface area contributed by atoms with Gasteiger partial charge in [-0.05, 0) is 47.5 Å². The van der Waals surface area contributed by atoms with Crippen LogP contribution in [0.25, 0.3) is 11.1 Å². The Morgan fingerprint density at radius 2 is 1.89 bits per heavy atom. The maximum absolute atomic E-state index is 3.46. The van der Waals surface area contributed by atoms with Crippen molar-refractivity contribution in [2.24, 2.45) is 0 Å². The quantitative estimate of drug-likeness (QED) is 0.850. The molecule has 96 valence electrons. The predicted molar refractivity (Wildman–Crippen MR) is 81.2 cm³/mol. The number of aryl methyl sites for hydroxylation is 2. The fourth-order valence-corrected chi connectivity index (χ4v) is 2.84. The summed E-state index contributed by atoms with van der Waals surface area (Å²) in [6.45, 7) is 9.69. The van der Waals surface area contributed by atoms with Crippen LogP contribution in [0.5, 0.6) is 0 Å². The third-order valence-electron chi connectivity index (χ3n) is 3.15. The lowest BCUT2D eigenvalue weighted by Gasteiger charge is -2.11. The van der Waals surface area contributed by atoms with E-state index in [1.54, 1.807) is 0 Å². The molecule has 2 aromatic rings. The van der Waals surface area contributed by atoms with Crippen molar-refractivity contribution in [2.45, 2.75) is 40.3 Å². The van der Waals surface area contributed by atoms with Gasteiger partial charge in [0.1, 0.15) is 0 Å². The summed E-state index contributed by atoms with van der Waals surface area (Å²) in [5.41, 5.74) is 5.46. The second-order valence-corrected chi connectivity index (χ2v) is 6.20. The van der Waals surface area contributed by atoms with Gasteiger partial charge in [-0.15, -0.1) is 11.3 Å². The van der Waals surface area contributed by atoms with E-state index in [2.05, 4.69) is 62.7 Å². The van der Waals surface area contributed by atoms with Crippen LogP contribution in [0.4, 0.5) is 0 Å². The minimum absolute atomic E-state index is 0.532. The number of rotatable bonds is 4. The Labute approximate surface area is 114 Å². The van der Waals surface area contributed by atoms with Gasteiger partial charge in [0.25, 0.3) is 0 Å². The smallest absolute Gasteiger partial charge is 0.0207 e. The molecule has 2 rings (SSSR count). The lowest BCUT2D eigenvalue weighted by Crippen LogP contribution is -2.21. The molecular formula is C16H21NS. The summed E-state index contributed by atoms with van der Waals surface area (Å²) < 4.78 is 0. The molecule has 0 saturated heterocycles. The van der Waals surface area contributed by atoms with Gasteiger partial charge in [0, 0.05) is 17.5 Å². The number of hydrogen-bond donors (Lipinski definition) is 1. The minimum atomic E-state index is 0.532. The van der Waals surface area contributed by atoms with Gasteiger partial charge in [-0.3, -0.25) is 0 Å². The van der Waals surface area contributed by atoms with Crippen molar-refractivity contribution in [1.29, 1.82) is 0 Å². The zero-order chi connectivity index (χ0) is 13.1. The van der Waals surface area contributed by atoms with Gasteiger partial charge in [0.15, 0.2) is 0 Å². The molecule has 1 aromatic heterocycles. The number of benzene rings is 1. The average Bonchev–Trinajstić information content (AvgIpc) is 2.73. The van der Waals surface area contributed by atoms with Crippen LogP contribution in [0.1, 0.15) is 29.9 Å². The lowest BCUT2D eigenvalue weighted by molar-refractivity contribution is 0.589. The van der Waals surface area contributed by atoms with Crippen molar-refractivity contribution in [3.05, 3.63) is 45.6 Å². The zero-order valence-corrected chi connectivity index (χ0v) is 12.4. The van der Waals surface area contributed by atoms with E-state index in [9.17, 15) is 0 Å². The van der Waals surface area contributed by atoms with Gasteiger partial charge in [0.05, 0.1) is 0 Å². The van der Waals surface area contributed by atoms with E-state index in [-0.39, 0.29) is 0 Å². The monoisotopic (exact) mass is 259 g/mol. The molecule has 0 unspecified atom stereocenters. The van der Waals surface area contributed by atoms with Gasteiger partial charge >= 0.3 is 0 Å². The second kappa shape index (κ2) is 5.68. The first-order valence-corrected chi connectivity index (χ1v) is 7.33. The third kappa shape index (κ3) is 3.01. The van der Waals surface area contributed by atoms with Gasteiger partial charge in [-0.25, -0.2) is 0 Å². The van der Waals surface area contributed by atoms with E-state index in [0.717, 1.165) is 6.54 Å². The van der Waals surface area contributed by atoms with Crippen molar-refractivity contribution in [3.8, 4) is 11.1 Å². The Kier molecular flexibility index (Phi) is 4.20. The molecule has 0 radical (unpaired) electrons. The third-order valence-corrected chi connectivity index (χ3v) is 4.00. The highest BCUT2D eigenvalue weighted by Gasteiger charge is 2.06. The maximum Gasteiger partial charge on any atom is 0.0207 e. The summed E-state index contributed by atoms with van der Waals surface area (Å²) in [7, 11) is 0. The summed E-state index contributed by atoms with van der Waals surface area (Å²) in [6, 6.07) is 9.52. The molecule has 0 amide bonds. The Balaban J connectivity index is 2.23. The number of thiophene rings is 1. The predicted octanol–water partition coefficient (Wildman–Crippen LogP) is 4.53. The standard InChI is InChI=1S/C16H21NS/c1-11(2)17-10-14-5-6-15(12(3)9-14)16-7-8-18-13(16)4/h5-9,11,17H,10H2,1-4H3. The molecule has 0 aliphatic carbocycles. The molecule has 0 spiro atoms. The molecule has 2 heteroatoms. The second-order valence-electron chi connectivity index (χ2n) is 5.08. The SMILES string of the molecule is Cc1cc(CNC(C)C)ccc1-c1ccsc1C. The first-order chi connectivity index (χ1) is 8.58. The molecule has 0 bridgehead atoms. The average molecular weight is 259 g/mol. The zero-order valence-electron chi connectivity index (χ0n) is 11.6. The van der Waals surface area contributed by atoms with Crippen LogP contribution in [0.3, 0.4) is 0 Å². The van der Waals surface area contributed by atoms with E-state index in [1.165, 1.54) is 27.1 Å². The molecule has 0 aliphatic heterocycles. The lowest BCUT2D eigenvalue weighted by atomic mass is 9.99. The highest BCUT2D eigenvalue weighted by atomic mass is 32.1. The first kappa shape index (κ1) is 13.3. The maximum atomic E-state index is 3.46. The highest BCUT2D eigenvalue weighted by Crippen LogP contribution is 2.30. The van der Waals surface area contributed by atoms with E-state index in [0.29, 0.717) is 6.04 Å². The van der Waals surface area contributed by atoms with Crippen LogP contribution in [0.2, 0.25) is 0 Å². The fraction of sp³-hybridized carbons (Fsp3) is 0.375. The van der Waals surface area contributed by atoms with Crippen LogP contribution in [0, 0.1) is 13.8 Å². The molecule has 0 aliphatic rings. The molecule has 0 fully saturated rings. The van der Waals surface area contributed by atoms with Crippen LogP contribution in [-0.2, 0) is 6.54 Å². The molecule has 1 heterocycles. The molecule has 1 nitrogen and oxygen atoms in total. The van der Waals surface area contributed by atoms with E-state index < -0.39 is 0 Å². The minimum Gasteiger partial charge on any atom is -0.310 e.